The highest BCUT2D eigenvalue weighted by Crippen LogP contribution is 2.16. The highest BCUT2D eigenvalue weighted by atomic mass is 16.5. The fraction of sp³-hybridized carbons (Fsp3) is 0.125. The summed E-state index contributed by atoms with van der Waals surface area (Å²) in [6, 6.07) is 22.5. The first kappa shape index (κ1) is 20.8. The van der Waals surface area contributed by atoms with Crippen LogP contribution in [0.3, 0.4) is 0 Å². The molecule has 0 fully saturated rings. The van der Waals surface area contributed by atoms with Crippen LogP contribution in [0.1, 0.15) is 39.6 Å². The minimum atomic E-state index is -0.450. The Morgan fingerprint density at radius 3 is 2.20 bits per heavy atom. The molecule has 0 unspecified atom stereocenters. The molecular weight excluding hydrogens is 380 g/mol. The lowest BCUT2D eigenvalue weighted by Gasteiger charge is -2.07. The van der Waals surface area contributed by atoms with Crippen molar-refractivity contribution >= 4 is 18.1 Å². The van der Waals surface area contributed by atoms with E-state index in [1.165, 1.54) is 6.21 Å². The van der Waals surface area contributed by atoms with Crippen molar-refractivity contribution in [2.75, 3.05) is 6.61 Å². The van der Waals surface area contributed by atoms with Crippen LogP contribution < -0.4 is 14.9 Å². The van der Waals surface area contributed by atoms with E-state index in [2.05, 4.69) is 10.5 Å². The Balaban J connectivity index is 1.52. The van der Waals surface area contributed by atoms with Crippen molar-refractivity contribution in [2.24, 2.45) is 5.10 Å². The molecule has 3 aromatic rings. The molecule has 0 aliphatic carbocycles. The number of esters is 1. The van der Waals surface area contributed by atoms with E-state index in [1.54, 1.807) is 72.8 Å². The fourth-order valence-electron chi connectivity index (χ4n) is 2.51. The standard InChI is InChI=1S/C24H22N2O4/c1-2-16-29-21-14-10-20(11-15-21)24(28)30-22-12-8-18(9-13-22)17-25-26-23(27)19-6-4-3-5-7-19/h3-15,17H,2,16H2,1H3,(H,26,27)/b25-17-. The topological polar surface area (TPSA) is 77.0 Å². The summed E-state index contributed by atoms with van der Waals surface area (Å²) in [4.78, 5) is 24.2. The summed E-state index contributed by atoms with van der Waals surface area (Å²) >= 11 is 0. The summed E-state index contributed by atoms with van der Waals surface area (Å²) < 4.78 is 10.9. The van der Waals surface area contributed by atoms with Crippen LogP contribution in [0, 0.1) is 0 Å². The highest BCUT2D eigenvalue weighted by Gasteiger charge is 2.09. The van der Waals surface area contributed by atoms with Gasteiger partial charge in [0.05, 0.1) is 18.4 Å². The SMILES string of the molecule is CCCOc1ccc(C(=O)Oc2ccc(/C=N\NC(=O)c3ccccc3)cc2)cc1. The Labute approximate surface area is 175 Å². The maximum absolute atomic E-state index is 12.3. The quantitative estimate of drug-likeness (QED) is 0.261. The lowest BCUT2D eigenvalue weighted by Crippen LogP contribution is -2.17. The van der Waals surface area contributed by atoms with Gasteiger partial charge in [-0.25, -0.2) is 10.2 Å². The second kappa shape index (κ2) is 10.6. The van der Waals surface area contributed by atoms with Gasteiger partial charge in [-0.2, -0.15) is 5.10 Å². The number of ether oxygens (including phenoxy) is 2. The molecule has 0 spiro atoms. The lowest BCUT2D eigenvalue weighted by atomic mass is 10.2. The first-order valence-corrected chi connectivity index (χ1v) is 9.59. The number of benzene rings is 3. The van der Waals surface area contributed by atoms with E-state index in [0.717, 1.165) is 17.7 Å². The van der Waals surface area contributed by atoms with Crippen molar-refractivity contribution in [3.63, 3.8) is 0 Å². The van der Waals surface area contributed by atoms with Gasteiger partial charge in [-0.05, 0) is 72.6 Å². The first-order chi connectivity index (χ1) is 14.7. The van der Waals surface area contributed by atoms with Crippen molar-refractivity contribution in [1.29, 1.82) is 0 Å². The van der Waals surface area contributed by atoms with E-state index in [9.17, 15) is 9.59 Å². The molecule has 6 nitrogen and oxygen atoms in total. The fourth-order valence-corrected chi connectivity index (χ4v) is 2.51. The van der Waals surface area contributed by atoms with Crippen LogP contribution in [0.4, 0.5) is 0 Å². The van der Waals surface area contributed by atoms with Crippen LogP contribution in [0.15, 0.2) is 84.0 Å². The molecule has 1 N–H and O–H groups in total. The Morgan fingerprint density at radius 2 is 1.53 bits per heavy atom. The van der Waals surface area contributed by atoms with Crippen LogP contribution in [-0.2, 0) is 0 Å². The van der Waals surface area contributed by atoms with E-state index in [1.807, 2.05) is 13.0 Å². The predicted molar refractivity (Wildman–Crippen MR) is 115 cm³/mol. The summed E-state index contributed by atoms with van der Waals surface area (Å²) in [7, 11) is 0. The minimum absolute atomic E-state index is 0.288. The zero-order valence-electron chi connectivity index (χ0n) is 16.6. The van der Waals surface area contributed by atoms with Gasteiger partial charge in [-0.3, -0.25) is 4.79 Å². The van der Waals surface area contributed by atoms with Gasteiger partial charge < -0.3 is 9.47 Å². The molecular formula is C24H22N2O4. The molecule has 1 amide bonds. The van der Waals surface area contributed by atoms with Crippen LogP contribution in [0.5, 0.6) is 11.5 Å². The average Bonchev–Trinajstić information content (AvgIpc) is 2.79. The van der Waals surface area contributed by atoms with Gasteiger partial charge in [0.25, 0.3) is 5.91 Å². The number of nitrogens with zero attached hydrogens (tertiary/aromatic N) is 1. The molecule has 30 heavy (non-hydrogen) atoms. The number of rotatable bonds is 8. The molecule has 0 atom stereocenters. The van der Waals surface area contributed by atoms with Crippen LogP contribution >= 0.6 is 0 Å². The van der Waals surface area contributed by atoms with Crippen molar-refractivity contribution < 1.29 is 19.1 Å². The molecule has 0 aromatic heterocycles. The molecule has 0 aliphatic rings. The lowest BCUT2D eigenvalue weighted by molar-refractivity contribution is 0.0734. The second-order valence-electron chi connectivity index (χ2n) is 6.40. The van der Waals surface area contributed by atoms with Gasteiger partial charge in [0.15, 0.2) is 0 Å². The van der Waals surface area contributed by atoms with Crippen LogP contribution in [0.25, 0.3) is 0 Å². The van der Waals surface area contributed by atoms with Gasteiger partial charge in [-0.15, -0.1) is 0 Å². The van der Waals surface area contributed by atoms with E-state index in [0.29, 0.717) is 23.5 Å². The molecule has 3 rings (SSSR count). The van der Waals surface area contributed by atoms with Crippen molar-refractivity contribution in [3.05, 3.63) is 95.6 Å². The maximum atomic E-state index is 12.3. The number of nitrogens with one attached hydrogen (secondary N) is 1. The molecule has 6 heteroatoms. The first-order valence-electron chi connectivity index (χ1n) is 9.59. The van der Waals surface area contributed by atoms with E-state index in [-0.39, 0.29) is 5.91 Å². The van der Waals surface area contributed by atoms with Gasteiger partial charge in [0.1, 0.15) is 11.5 Å². The summed E-state index contributed by atoms with van der Waals surface area (Å²) in [5.41, 5.74) is 4.19. The molecule has 0 radical (unpaired) electrons. The van der Waals surface area contributed by atoms with Gasteiger partial charge in [0.2, 0.25) is 0 Å². The van der Waals surface area contributed by atoms with Gasteiger partial charge >= 0.3 is 5.97 Å². The predicted octanol–water partition coefficient (Wildman–Crippen LogP) is 4.46. The zero-order chi connectivity index (χ0) is 21.2. The summed E-state index contributed by atoms with van der Waals surface area (Å²) in [5, 5.41) is 3.94. The van der Waals surface area contributed by atoms with Crippen molar-refractivity contribution in [1.82, 2.24) is 5.43 Å². The van der Waals surface area contributed by atoms with Gasteiger partial charge in [-0.1, -0.05) is 25.1 Å². The normalized spacial score (nSPS) is 10.6. The van der Waals surface area contributed by atoms with Crippen molar-refractivity contribution in [3.8, 4) is 11.5 Å². The largest absolute Gasteiger partial charge is 0.494 e. The number of amides is 1. The highest BCUT2D eigenvalue weighted by molar-refractivity contribution is 5.95. The van der Waals surface area contributed by atoms with Gasteiger partial charge in [0, 0.05) is 5.56 Å². The van der Waals surface area contributed by atoms with Crippen molar-refractivity contribution in [2.45, 2.75) is 13.3 Å². The monoisotopic (exact) mass is 402 g/mol. The molecule has 0 aliphatic heterocycles. The summed E-state index contributed by atoms with van der Waals surface area (Å²) in [6.07, 6.45) is 2.44. The molecule has 0 bridgehead atoms. The number of hydrogen-bond acceptors (Lipinski definition) is 5. The third-order valence-corrected chi connectivity index (χ3v) is 4.07. The Kier molecular flexibility index (Phi) is 7.33. The smallest absolute Gasteiger partial charge is 0.343 e. The number of hydrazone groups is 1. The Bertz CT molecular complexity index is 998. The molecule has 3 aromatic carbocycles. The van der Waals surface area contributed by atoms with E-state index < -0.39 is 5.97 Å². The second-order valence-corrected chi connectivity index (χ2v) is 6.40. The summed E-state index contributed by atoms with van der Waals surface area (Å²) in [6.45, 7) is 2.67. The number of carbonyl (C=O) groups excluding carboxylic acids is 2. The molecule has 0 heterocycles. The third kappa shape index (κ3) is 6.04. The average molecular weight is 402 g/mol. The Hall–Kier alpha value is -3.93. The van der Waals surface area contributed by atoms with Crippen LogP contribution in [0.2, 0.25) is 0 Å². The molecule has 0 saturated heterocycles. The number of carbonyl (C=O) groups is 2. The van der Waals surface area contributed by atoms with E-state index >= 15 is 0 Å². The third-order valence-electron chi connectivity index (χ3n) is 4.07. The Morgan fingerprint density at radius 1 is 0.867 bits per heavy atom. The van der Waals surface area contributed by atoms with E-state index in [4.69, 9.17) is 9.47 Å². The van der Waals surface area contributed by atoms with Crippen LogP contribution in [-0.4, -0.2) is 24.7 Å². The molecule has 152 valence electrons. The maximum Gasteiger partial charge on any atom is 0.343 e. The number of hydrogen-bond donors (Lipinski definition) is 1. The summed E-state index contributed by atoms with van der Waals surface area (Å²) in [5.74, 6) is 0.394. The zero-order valence-corrected chi connectivity index (χ0v) is 16.6. The molecule has 0 saturated carbocycles. The minimum Gasteiger partial charge on any atom is -0.494 e.